The van der Waals surface area contributed by atoms with E-state index in [1.807, 2.05) is 12.1 Å². The van der Waals surface area contributed by atoms with Gasteiger partial charge in [-0.3, -0.25) is 4.90 Å². The van der Waals surface area contributed by atoms with Crippen molar-refractivity contribution in [1.82, 2.24) is 10.2 Å². The van der Waals surface area contributed by atoms with E-state index in [0.717, 1.165) is 43.9 Å². The number of hydrogen-bond donors (Lipinski definition) is 2. The second-order valence-corrected chi connectivity index (χ2v) is 5.54. The Balaban J connectivity index is 2.34. The van der Waals surface area contributed by atoms with Gasteiger partial charge in [0.15, 0.2) is 0 Å². The van der Waals surface area contributed by atoms with Crippen LogP contribution in [0.3, 0.4) is 0 Å². The Labute approximate surface area is 121 Å². The van der Waals surface area contributed by atoms with E-state index in [1.54, 1.807) is 13.2 Å². The van der Waals surface area contributed by atoms with Crippen molar-refractivity contribution in [3.63, 3.8) is 0 Å². The quantitative estimate of drug-likeness (QED) is 0.868. The van der Waals surface area contributed by atoms with Crippen molar-refractivity contribution in [1.29, 1.82) is 0 Å². The molecular weight excluding hydrogens is 252 g/mol. The normalized spacial score (nSPS) is 19.6. The van der Waals surface area contributed by atoms with E-state index in [9.17, 15) is 5.11 Å². The SMILES string of the molecule is CCC(C)[C@@H](c1cc(OC)ccc1O)N1CCNCC1. The Bertz CT molecular complexity index is 430. The Morgan fingerprint density at radius 3 is 2.65 bits per heavy atom. The number of benzene rings is 1. The number of phenolic OH excluding ortho intramolecular Hbond substituents is 1. The van der Waals surface area contributed by atoms with Gasteiger partial charge in [0.1, 0.15) is 11.5 Å². The summed E-state index contributed by atoms with van der Waals surface area (Å²) in [5, 5.41) is 13.7. The summed E-state index contributed by atoms with van der Waals surface area (Å²) in [5.41, 5.74) is 0.987. The summed E-state index contributed by atoms with van der Waals surface area (Å²) < 4.78 is 5.32. The average molecular weight is 278 g/mol. The maximum Gasteiger partial charge on any atom is 0.120 e. The average Bonchev–Trinajstić information content (AvgIpc) is 2.50. The summed E-state index contributed by atoms with van der Waals surface area (Å²) in [4.78, 5) is 2.47. The van der Waals surface area contributed by atoms with Crippen molar-refractivity contribution in [2.75, 3.05) is 33.3 Å². The first-order chi connectivity index (χ1) is 9.67. The number of phenols is 1. The monoisotopic (exact) mass is 278 g/mol. The number of rotatable bonds is 5. The molecule has 20 heavy (non-hydrogen) atoms. The molecule has 4 nitrogen and oxygen atoms in total. The minimum atomic E-state index is 0.247. The number of ether oxygens (including phenoxy) is 1. The first-order valence-electron chi connectivity index (χ1n) is 7.49. The van der Waals surface area contributed by atoms with Gasteiger partial charge in [0.05, 0.1) is 7.11 Å². The molecule has 0 amide bonds. The maximum atomic E-state index is 10.3. The summed E-state index contributed by atoms with van der Waals surface area (Å²) in [6.45, 7) is 8.52. The number of piperazine rings is 1. The van der Waals surface area contributed by atoms with Crippen molar-refractivity contribution >= 4 is 0 Å². The molecule has 1 aliphatic rings. The summed E-state index contributed by atoms with van der Waals surface area (Å²) in [6.07, 6.45) is 1.09. The third-order valence-corrected chi connectivity index (χ3v) is 4.28. The Kier molecular flexibility index (Phi) is 5.26. The van der Waals surface area contributed by atoms with E-state index in [-0.39, 0.29) is 6.04 Å². The van der Waals surface area contributed by atoms with E-state index in [4.69, 9.17) is 4.74 Å². The Morgan fingerprint density at radius 2 is 2.05 bits per heavy atom. The van der Waals surface area contributed by atoms with E-state index in [1.165, 1.54) is 0 Å². The number of nitrogens with one attached hydrogen (secondary N) is 1. The van der Waals surface area contributed by atoms with Crippen molar-refractivity contribution < 1.29 is 9.84 Å². The van der Waals surface area contributed by atoms with Crippen LogP contribution in [0.15, 0.2) is 18.2 Å². The fourth-order valence-corrected chi connectivity index (χ4v) is 2.94. The zero-order valence-corrected chi connectivity index (χ0v) is 12.7. The van der Waals surface area contributed by atoms with Gasteiger partial charge in [0, 0.05) is 37.8 Å². The second-order valence-electron chi connectivity index (χ2n) is 5.54. The van der Waals surface area contributed by atoms with Gasteiger partial charge in [-0.1, -0.05) is 20.3 Å². The van der Waals surface area contributed by atoms with Gasteiger partial charge in [0.25, 0.3) is 0 Å². The minimum Gasteiger partial charge on any atom is -0.508 e. The Hall–Kier alpha value is -1.26. The minimum absolute atomic E-state index is 0.247. The van der Waals surface area contributed by atoms with Crippen LogP contribution in [0.2, 0.25) is 0 Å². The van der Waals surface area contributed by atoms with Gasteiger partial charge in [-0.2, -0.15) is 0 Å². The van der Waals surface area contributed by atoms with Gasteiger partial charge in [-0.25, -0.2) is 0 Å². The van der Waals surface area contributed by atoms with E-state index >= 15 is 0 Å². The van der Waals surface area contributed by atoms with Crippen molar-refractivity contribution in [2.45, 2.75) is 26.3 Å². The molecular formula is C16H26N2O2. The molecule has 0 saturated carbocycles. The first-order valence-corrected chi connectivity index (χ1v) is 7.49. The molecule has 1 fully saturated rings. The largest absolute Gasteiger partial charge is 0.508 e. The van der Waals surface area contributed by atoms with Crippen LogP contribution in [-0.4, -0.2) is 43.3 Å². The predicted octanol–water partition coefficient (Wildman–Crippen LogP) is 2.39. The fourth-order valence-electron chi connectivity index (χ4n) is 2.94. The van der Waals surface area contributed by atoms with Crippen LogP contribution in [-0.2, 0) is 0 Å². The molecule has 1 saturated heterocycles. The lowest BCUT2D eigenvalue weighted by atomic mass is 9.90. The third kappa shape index (κ3) is 3.25. The number of nitrogens with zero attached hydrogens (tertiary/aromatic N) is 1. The van der Waals surface area contributed by atoms with Crippen LogP contribution in [0.25, 0.3) is 0 Å². The summed E-state index contributed by atoms with van der Waals surface area (Å²) in [7, 11) is 1.67. The molecule has 2 rings (SSSR count). The molecule has 2 N–H and O–H groups in total. The number of hydrogen-bond acceptors (Lipinski definition) is 4. The molecule has 0 radical (unpaired) electrons. The van der Waals surface area contributed by atoms with Crippen LogP contribution >= 0.6 is 0 Å². The summed E-state index contributed by atoms with van der Waals surface area (Å²) in [6, 6.07) is 5.78. The molecule has 1 aliphatic heterocycles. The van der Waals surface area contributed by atoms with Gasteiger partial charge >= 0.3 is 0 Å². The van der Waals surface area contributed by atoms with E-state index < -0.39 is 0 Å². The lowest BCUT2D eigenvalue weighted by molar-refractivity contribution is 0.126. The van der Waals surface area contributed by atoms with Crippen LogP contribution in [0.4, 0.5) is 0 Å². The van der Waals surface area contributed by atoms with Crippen molar-refractivity contribution in [3.05, 3.63) is 23.8 Å². The number of methoxy groups -OCH3 is 1. The highest BCUT2D eigenvalue weighted by Crippen LogP contribution is 2.37. The lowest BCUT2D eigenvalue weighted by Gasteiger charge is -2.38. The van der Waals surface area contributed by atoms with Gasteiger partial charge in [-0.05, 0) is 24.1 Å². The van der Waals surface area contributed by atoms with Crippen LogP contribution in [0.5, 0.6) is 11.5 Å². The van der Waals surface area contributed by atoms with Gasteiger partial charge in [-0.15, -0.1) is 0 Å². The van der Waals surface area contributed by atoms with E-state index in [0.29, 0.717) is 11.7 Å². The third-order valence-electron chi connectivity index (χ3n) is 4.28. The number of aromatic hydroxyl groups is 1. The molecule has 1 unspecified atom stereocenters. The fraction of sp³-hybridized carbons (Fsp3) is 0.625. The first kappa shape index (κ1) is 15.1. The van der Waals surface area contributed by atoms with Crippen molar-refractivity contribution in [2.24, 2.45) is 5.92 Å². The zero-order chi connectivity index (χ0) is 14.5. The molecule has 0 bridgehead atoms. The smallest absolute Gasteiger partial charge is 0.120 e. The summed E-state index contributed by atoms with van der Waals surface area (Å²) >= 11 is 0. The molecule has 1 heterocycles. The highest BCUT2D eigenvalue weighted by Gasteiger charge is 2.28. The van der Waals surface area contributed by atoms with E-state index in [2.05, 4.69) is 24.1 Å². The molecule has 0 aliphatic carbocycles. The highest BCUT2D eigenvalue weighted by atomic mass is 16.5. The molecule has 2 atom stereocenters. The van der Waals surface area contributed by atoms with Crippen LogP contribution in [0, 0.1) is 5.92 Å². The summed E-state index contributed by atoms with van der Waals surface area (Å²) in [5.74, 6) is 1.67. The second kappa shape index (κ2) is 6.95. The molecule has 1 aromatic carbocycles. The zero-order valence-electron chi connectivity index (χ0n) is 12.7. The molecule has 1 aromatic rings. The van der Waals surface area contributed by atoms with Crippen LogP contribution < -0.4 is 10.1 Å². The Morgan fingerprint density at radius 1 is 1.35 bits per heavy atom. The highest BCUT2D eigenvalue weighted by molar-refractivity contribution is 5.41. The molecule has 0 spiro atoms. The van der Waals surface area contributed by atoms with Crippen LogP contribution in [0.1, 0.15) is 31.9 Å². The van der Waals surface area contributed by atoms with Gasteiger partial charge < -0.3 is 15.2 Å². The van der Waals surface area contributed by atoms with Gasteiger partial charge in [0.2, 0.25) is 0 Å². The van der Waals surface area contributed by atoms with Crippen molar-refractivity contribution in [3.8, 4) is 11.5 Å². The predicted molar refractivity (Wildman–Crippen MR) is 81.3 cm³/mol. The maximum absolute atomic E-state index is 10.3. The molecule has 0 aromatic heterocycles. The molecule has 112 valence electrons. The topological polar surface area (TPSA) is 44.7 Å². The standard InChI is InChI=1S/C16H26N2O2/c1-4-12(2)16(18-9-7-17-8-10-18)14-11-13(20-3)5-6-15(14)19/h5-6,11-12,16-17,19H,4,7-10H2,1-3H3/t12?,16-/m0/s1. The molecule has 4 heteroatoms. The lowest BCUT2D eigenvalue weighted by Crippen LogP contribution is -2.46.